The van der Waals surface area contributed by atoms with Gasteiger partial charge in [0.15, 0.2) is 0 Å². The second-order valence-corrected chi connectivity index (χ2v) is 11.6. The van der Waals surface area contributed by atoms with Gasteiger partial charge in [0, 0.05) is 6.42 Å². The lowest BCUT2D eigenvalue weighted by Gasteiger charge is -2.28. The van der Waals surface area contributed by atoms with Crippen LogP contribution in [0.2, 0.25) is 0 Å². The number of carbonyl (C=O) groups excluding carboxylic acids is 6. The van der Waals surface area contributed by atoms with Crippen molar-refractivity contribution in [2.75, 3.05) is 13.2 Å². The van der Waals surface area contributed by atoms with Gasteiger partial charge in [-0.3, -0.25) is 28.8 Å². The number of aliphatic carboxylic acids is 1. The maximum absolute atomic E-state index is 13.2. The molecule has 0 rings (SSSR count). The Balaban J connectivity index is 5.79. The molecule has 6 atom stereocenters. The largest absolute Gasteiger partial charge is 0.480 e. The van der Waals surface area contributed by atoms with Crippen LogP contribution in [0.1, 0.15) is 60.8 Å². The summed E-state index contributed by atoms with van der Waals surface area (Å²) in [6, 6.07) is -7.95. The molecule has 0 saturated carbocycles. The number of nitrogens with two attached hydrogens (primary N) is 2. The highest BCUT2D eigenvalue weighted by Gasteiger charge is 2.34. The predicted octanol–water partition coefficient (Wildman–Crippen LogP) is -3.57. The molecule has 0 unspecified atom stereocenters. The summed E-state index contributed by atoms with van der Waals surface area (Å²) in [7, 11) is 0. The van der Waals surface area contributed by atoms with E-state index in [1.807, 2.05) is 0 Å². The van der Waals surface area contributed by atoms with Gasteiger partial charge < -0.3 is 53.4 Å². The number of rotatable bonds is 20. The highest BCUT2D eigenvalue weighted by molar-refractivity contribution is 5.96. The lowest BCUT2D eigenvalue weighted by Crippen LogP contribution is -2.61. The number of nitrogens with one attached hydrogen (secondary N) is 5. The second kappa shape index (κ2) is 19.4. The molecule has 0 fully saturated rings. The first-order valence-electron chi connectivity index (χ1n) is 14.4. The number of carboxylic acids is 1. The number of hydrogen-bond donors (Lipinski definition) is 10. The highest BCUT2D eigenvalue weighted by Crippen LogP contribution is 2.09. The molecular weight excluding hydrogens is 582 g/mol. The van der Waals surface area contributed by atoms with E-state index in [0.717, 1.165) is 0 Å². The van der Waals surface area contributed by atoms with Crippen molar-refractivity contribution in [3.05, 3.63) is 0 Å². The average Bonchev–Trinajstić information content (AvgIpc) is 2.92. The van der Waals surface area contributed by atoms with Crippen molar-refractivity contribution in [1.82, 2.24) is 26.6 Å². The minimum atomic E-state index is -1.60. The van der Waals surface area contributed by atoms with Crippen LogP contribution >= 0.6 is 0 Å². The molecule has 0 aliphatic heterocycles. The maximum Gasteiger partial charge on any atom is 0.328 e. The van der Waals surface area contributed by atoms with E-state index in [1.165, 1.54) is 0 Å². The Morgan fingerprint density at radius 1 is 0.614 bits per heavy atom. The van der Waals surface area contributed by atoms with E-state index in [1.54, 1.807) is 41.5 Å². The number of aliphatic hydroxyl groups excluding tert-OH is 2. The Labute approximate surface area is 256 Å². The van der Waals surface area contributed by atoms with Crippen LogP contribution in [0, 0.1) is 17.8 Å². The van der Waals surface area contributed by atoms with Crippen molar-refractivity contribution in [1.29, 1.82) is 0 Å². The smallest absolute Gasteiger partial charge is 0.328 e. The summed E-state index contributed by atoms with van der Waals surface area (Å²) in [5.74, 6) is -7.39. The van der Waals surface area contributed by atoms with E-state index in [-0.39, 0.29) is 31.1 Å². The normalized spacial score (nSPS) is 15.4. The molecule has 0 radical (unpaired) electrons. The minimum Gasteiger partial charge on any atom is -0.480 e. The summed E-state index contributed by atoms with van der Waals surface area (Å²) < 4.78 is 0. The first-order valence-corrected chi connectivity index (χ1v) is 14.4. The molecule has 0 aliphatic rings. The van der Waals surface area contributed by atoms with E-state index in [2.05, 4.69) is 26.6 Å². The topological polar surface area (TPSA) is 292 Å². The van der Waals surface area contributed by atoms with Crippen LogP contribution in [0.15, 0.2) is 0 Å². The first-order chi connectivity index (χ1) is 20.4. The van der Waals surface area contributed by atoms with E-state index < -0.39 is 96.8 Å². The molecule has 44 heavy (non-hydrogen) atoms. The summed E-state index contributed by atoms with van der Waals surface area (Å²) in [6.07, 6.45) is -0.396. The van der Waals surface area contributed by atoms with Crippen molar-refractivity contribution in [3.8, 4) is 0 Å². The summed E-state index contributed by atoms with van der Waals surface area (Å²) in [4.78, 5) is 87.1. The SMILES string of the molecule is CC(C)C[C@H](NC(=O)[C@@H](NC(=O)[C@H](CO)NC(=O)[C@H](CCC(N)=O)NC(=O)[C@@H](N)C(C)C)C(C)C)C(=O)N[C@@H](CO)C(=O)O. The van der Waals surface area contributed by atoms with Gasteiger partial charge in [0.2, 0.25) is 35.4 Å². The van der Waals surface area contributed by atoms with Crippen LogP contribution in [0.3, 0.4) is 0 Å². The Kier molecular flexibility index (Phi) is 17.8. The van der Waals surface area contributed by atoms with Crippen LogP contribution < -0.4 is 38.1 Å². The average molecular weight is 632 g/mol. The lowest BCUT2D eigenvalue weighted by molar-refractivity contribution is -0.143. The Hall–Kier alpha value is -3.83. The predicted molar refractivity (Wildman–Crippen MR) is 157 cm³/mol. The van der Waals surface area contributed by atoms with Crippen LogP contribution in [-0.4, -0.2) is 106 Å². The van der Waals surface area contributed by atoms with E-state index >= 15 is 0 Å². The molecule has 0 aromatic heterocycles. The number of primary amides is 1. The molecule has 252 valence electrons. The summed E-state index contributed by atoms with van der Waals surface area (Å²) in [5.41, 5.74) is 11.0. The molecule has 6 amide bonds. The van der Waals surface area contributed by atoms with Gasteiger partial charge in [0.05, 0.1) is 19.3 Å². The van der Waals surface area contributed by atoms with Gasteiger partial charge >= 0.3 is 5.97 Å². The van der Waals surface area contributed by atoms with Crippen LogP contribution in [0.25, 0.3) is 0 Å². The molecule has 12 N–H and O–H groups in total. The van der Waals surface area contributed by atoms with Crippen LogP contribution in [-0.2, 0) is 33.6 Å². The molecule has 0 spiro atoms. The summed E-state index contributed by atoms with van der Waals surface area (Å²) >= 11 is 0. The fourth-order valence-electron chi connectivity index (χ4n) is 3.80. The van der Waals surface area contributed by atoms with Crippen LogP contribution in [0.4, 0.5) is 0 Å². The number of amides is 6. The molecule has 0 aromatic carbocycles. The van der Waals surface area contributed by atoms with Gasteiger partial charge in [-0.2, -0.15) is 0 Å². The molecule has 0 saturated heterocycles. The third-order valence-electron chi connectivity index (χ3n) is 6.53. The number of carbonyl (C=O) groups is 7. The molecule has 17 nitrogen and oxygen atoms in total. The minimum absolute atomic E-state index is 0.0995. The third kappa shape index (κ3) is 14.1. The van der Waals surface area contributed by atoms with Crippen LogP contribution in [0.5, 0.6) is 0 Å². The zero-order chi connectivity index (χ0) is 34.3. The number of carboxylic acid groups (broad SMARTS) is 1. The van der Waals surface area contributed by atoms with E-state index in [9.17, 15) is 43.8 Å². The van der Waals surface area contributed by atoms with Gasteiger partial charge in [-0.25, -0.2) is 4.79 Å². The van der Waals surface area contributed by atoms with Gasteiger partial charge in [-0.15, -0.1) is 0 Å². The first kappa shape index (κ1) is 40.2. The Bertz CT molecular complexity index is 1020. The zero-order valence-corrected chi connectivity index (χ0v) is 26.1. The highest BCUT2D eigenvalue weighted by atomic mass is 16.4. The van der Waals surface area contributed by atoms with Crippen molar-refractivity contribution >= 4 is 41.4 Å². The summed E-state index contributed by atoms with van der Waals surface area (Å²) in [5, 5.41) is 40.0. The summed E-state index contributed by atoms with van der Waals surface area (Å²) in [6.45, 7) is 8.31. The Morgan fingerprint density at radius 3 is 1.50 bits per heavy atom. The van der Waals surface area contributed by atoms with Gasteiger partial charge in [0.1, 0.15) is 30.2 Å². The quantitative estimate of drug-likeness (QED) is 0.0627. The Morgan fingerprint density at radius 2 is 1.07 bits per heavy atom. The van der Waals surface area contributed by atoms with E-state index in [0.29, 0.717) is 0 Å². The maximum atomic E-state index is 13.2. The van der Waals surface area contributed by atoms with Crippen molar-refractivity contribution in [3.63, 3.8) is 0 Å². The fraction of sp³-hybridized carbons (Fsp3) is 0.741. The third-order valence-corrected chi connectivity index (χ3v) is 6.53. The number of aliphatic hydroxyl groups is 2. The van der Waals surface area contributed by atoms with E-state index in [4.69, 9.17) is 16.6 Å². The molecule has 0 heterocycles. The lowest BCUT2D eigenvalue weighted by atomic mass is 9.99. The monoisotopic (exact) mass is 631 g/mol. The molecule has 0 aliphatic carbocycles. The standard InChI is InChI=1S/C27H49N7O10/c1-12(2)9-16(23(39)33-18(11-36)27(43)44)31-26(42)21(14(5)6)34-24(40)17(10-35)32-22(38)15(7-8-19(28)37)30-25(41)20(29)13(3)4/h12-18,20-21,35-36H,7-11,29H2,1-6H3,(H2,28,37)(H,30,41)(H,31,42)(H,32,38)(H,33,39)(H,34,40)(H,43,44)/t15-,16-,17-,18-,20-,21-/m0/s1. The molecular formula is C27H49N7O10. The number of hydrogen-bond acceptors (Lipinski definition) is 10. The fourth-order valence-corrected chi connectivity index (χ4v) is 3.80. The zero-order valence-electron chi connectivity index (χ0n) is 26.1. The van der Waals surface area contributed by atoms with Crippen molar-refractivity contribution in [2.45, 2.75) is 97.1 Å². The molecule has 0 aromatic rings. The molecule has 0 bridgehead atoms. The van der Waals surface area contributed by atoms with Gasteiger partial charge in [-0.1, -0.05) is 41.5 Å². The van der Waals surface area contributed by atoms with Gasteiger partial charge in [-0.05, 0) is 30.6 Å². The molecule has 17 heteroatoms. The van der Waals surface area contributed by atoms with Crippen molar-refractivity contribution < 1.29 is 48.9 Å². The van der Waals surface area contributed by atoms with Crippen molar-refractivity contribution in [2.24, 2.45) is 29.2 Å². The van der Waals surface area contributed by atoms with Gasteiger partial charge in [0.25, 0.3) is 0 Å². The second-order valence-electron chi connectivity index (χ2n) is 11.6.